The monoisotopic (exact) mass is 320 g/mol. The zero-order chi connectivity index (χ0) is 17.0. The van der Waals surface area contributed by atoms with Crippen LogP contribution in [-0.4, -0.2) is 32.8 Å². The molecule has 0 saturated carbocycles. The van der Waals surface area contributed by atoms with E-state index in [4.69, 9.17) is 14.2 Å². The lowest BCUT2D eigenvalue weighted by Crippen LogP contribution is -2.45. The van der Waals surface area contributed by atoms with Crippen LogP contribution in [0.1, 0.15) is 25.5 Å². The number of esters is 1. The summed E-state index contributed by atoms with van der Waals surface area (Å²) in [7, 11) is 3.09. The molecular weight excluding hydrogens is 300 g/mol. The van der Waals surface area contributed by atoms with Gasteiger partial charge in [0, 0.05) is 11.6 Å². The molecule has 1 aromatic carbocycles. The number of hydrogen-bond acceptors (Lipinski definition) is 5. The number of amides is 2. The minimum absolute atomic E-state index is 0.151. The van der Waals surface area contributed by atoms with Crippen molar-refractivity contribution in [1.29, 1.82) is 0 Å². The standard InChI is InChI=1S/C16H20N2O5/c1-5-23-15(19)14-9(2)13(17-16(20)18-14)11-7-6-10(21-3)8-12(11)22-4/h6-8,13H,5H2,1-4H3,(H2,17,18,20)/t13-/m1/s1. The van der Waals surface area contributed by atoms with Crippen LogP contribution in [0, 0.1) is 0 Å². The third kappa shape index (κ3) is 3.39. The Morgan fingerprint density at radius 2 is 2.00 bits per heavy atom. The molecule has 0 saturated heterocycles. The molecule has 2 rings (SSSR count). The number of carbonyl (C=O) groups excluding carboxylic acids is 2. The fourth-order valence-electron chi connectivity index (χ4n) is 2.42. The van der Waals surface area contributed by atoms with Crippen LogP contribution in [-0.2, 0) is 9.53 Å². The maximum absolute atomic E-state index is 12.0. The van der Waals surface area contributed by atoms with Crippen LogP contribution in [0.4, 0.5) is 4.79 Å². The molecule has 1 heterocycles. The molecule has 0 spiro atoms. The Morgan fingerprint density at radius 3 is 2.61 bits per heavy atom. The number of benzene rings is 1. The van der Waals surface area contributed by atoms with Gasteiger partial charge in [0.15, 0.2) is 0 Å². The number of hydrogen-bond donors (Lipinski definition) is 2. The van der Waals surface area contributed by atoms with E-state index in [0.717, 1.165) is 5.56 Å². The smallest absolute Gasteiger partial charge is 0.354 e. The summed E-state index contributed by atoms with van der Waals surface area (Å²) in [6.07, 6.45) is 0. The van der Waals surface area contributed by atoms with E-state index in [2.05, 4.69) is 10.6 Å². The van der Waals surface area contributed by atoms with E-state index in [0.29, 0.717) is 17.1 Å². The summed E-state index contributed by atoms with van der Waals surface area (Å²) in [5, 5.41) is 5.29. The second-order valence-electron chi connectivity index (χ2n) is 4.92. The molecule has 2 N–H and O–H groups in total. The molecule has 0 aromatic heterocycles. The van der Waals surface area contributed by atoms with Gasteiger partial charge in [-0.1, -0.05) is 0 Å². The minimum atomic E-state index is -0.558. The molecule has 2 amide bonds. The second-order valence-corrected chi connectivity index (χ2v) is 4.92. The summed E-state index contributed by atoms with van der Waals surface area (Å²) in [5.74, 6) is 0.634. The van der Waals surface area contributed by atoms with Gasteiger partial charge in [-0.15, -0.1) is 0 Å². The lowest BCUT2D eigenvalue weighted by molar-refractivity contribution is -0.139. The van der Waals surface area contributed by atoms with Crippen LogP contribution in [0.3, 0.4) is 0 Å². The number of ether oxygens (including phenoxy) is 3. The fraction of sp³-hybridized carbons (Fsp3) is 0.375. The highest BCUT2D eigenvalue weighted by atomic mass is 16.5. The molecule has 7 nitrogen and oxygen atoms in total. The van der Waals surface area contributed by atoms with Gasteiger partial charge < -0.3 is 24.8 Å². The van der Waals surface area contributed by atoms with Crippen molar-refractivity contribution >= 4 is 12.0 Å². The Labute approximate surface area is 134 Å². The van der Waals surface area contributed by atoms with E-state index >= 15 is 0 Å². The number of rotatable bonds is 5. The number of carbonyl (C=O) groups is 2. The van der Waals surface area contributed by atoms with Gasteiger partial charge in [0.05, 0.1) is 26.9 Å². The molecule has 0 bridgehead atoms. The molecule has 0 aliphatic carbocycles. The highest BCUT2D eigenvalue weighted by Crippen LogP contribution is 2.35. The van der Waals surface area contributed by atoms with Crippen molar-refractivity contribution in [2.45, 2.75) is 19.9 Å². The van der Waals surface area contributed by atoms with Gasteiger partial charge in [-0.3, -0.25) is 0 Å². The van der Waals surface area contributed by atoms with Crippen molar-refractivity contribution in [1.82, 2.24) is 10.6 Å². The average Bonchev–Trinajstić information content (AvgIpc) is 2.56. The highest BCUT2D eigenvalue weighted by molar-refractivity contribution is 5.96. The van der Waals surface area contributed by atoms with Crippen molar-refractivity contribution in [3.05, 3.63) is 35.0 Å². The van der Waals surface area contributed by atoms with Crippen LogP contribution >= 0.6 is 0 Å². The van der Waals surface area contributed by atoms with Gasteiger partial charge in [-0.25, -0.2) is 9.59 Å². The SMILES string of the molecule is CCOC(=O)C1=C(C)[C@H](c2ccc(OC)cc2OC)NC(=O)N1. The predicted octanol–water partition coefficient (Wildman–Crippen LogP) is 1.89. The Kier molecular flexibility index (Phi) is 5.10. The second kappa shape index (κ2) is 7.04. The van der Waals surface area contributed by atoms with E-state index in [-0.39, 0.29) is 12.3 Å². The molecule has 23 heavy (non-hydrogen) atoms. The van der Waals surface area contributed by atoms with Crippen LogP contribution in [0.2, 0.25) is 0 Å². The number of urea groups is 1. The summed E-state index contributed by atoms with van der Waals surface area (Å²) in [5.41, 5.74) is 1.52. The molecule has 1 aliphatic rings. The maximum atomic E-state index is 12.0. The fourth-order valence-corrected chi connectivity index (χ4v) is 2.42. The van der Waals surface area contributed by atoms with Gasteiger partial charge in [0.25, 0.3) is 0 Å². The van der Waals surface area contributed by atoms with Crippen LogP contribution in [0.15, 0.2) is 29.5 Å². The summed E-state index contributed by atoms with van der Waals surface area (Å²) in [6, 6.07) is 4.32. The van der Waals surface area contributed by atoms with Crippen LogP contribution in [0.25, 0.3) is 0 Å². The van der Waals surface area contributed by atoms with Gasteiger partial charge in [-0.2, -0.15) is 0 Å². The van der Waals surface area contributed by atoms with E-state index < -0.39 is 18.0 Å². The molecule has 7 heteroatoms. The topological polar surface area (TPSA) is 85.9 Å². The first kappa shape index (κ1) is 16.7. The van der Waals surface area contributed by atoms with Gasteiger partial charge in [-0.05, 0) is 31.6 Å². The molecule has 1 atom stereocenters. The van der Waals surface area contributed by atoms with Crippen LogP contribution < -0.4 is 20.1 Å². The minimum Gasteiger partial charge on any atom is -0.497 e. The van der Waals surface area contributed by atoms with E-state index in [1.165, 1.54) is 7.11 Å². The normalized spacial score (nSPS) is 17.2. The van der Waals surface area contributed by atoms with Crippen molar-refractivity contribution in [3.8, 4) is 11.5 Å². The Morgan fingerprint density at radius 1 is 1.26 bits per heavy atom. The highest BCUT2D eigenvalue weighted by Gasteiger charge is 2.31. The first-order valence-corrected chi connectivity index (χ1v) is 7.19. The summed E-state index contributed by atoms with van der Waals surface area (Å²) in [6.45, 7) is 3.70. The first-order chi connectivity index (χ1) is 11.0. The number of nitrogens with one attached hydrogen (secondary N) is 2. The lowest BCUT2D eigenvalue weighted by Gasteiger charge is -2.28. The van der Waals surface area contributed by atoms with Crippen LogP contribution in [0.5, 0.6) is 11.5 Å². The van der Waals surface area contributed by atoms with E-state index in [1.54, 1.807) is 39.2 Å². The van der Waals surface area contributed by atoms with Gasteiger partial charge >= 0.3 is 12.0 Å². The summed E-state index contributed by atoms with van der Waals surface area (Å²) in [4.78, 5) is 23.9. The first-order valence-electron chi connectivity index (χ1n) is 7.19. The third-order valence-corrected chi connectivity index (χ3v) is 3.57. The molecule has 0 fully saturated rings. The third-order valence-electron chi connectivity index (χ3n) is 3.57. The average molecular weight is 320 g/mol. The molecular formula is C16H20N2O5. The van der Waals surface area contributed by atoms with E-state index in [9.17, 15) is 9.59 Å². The lowest BCUT2D eigenvalue weighted by atomic mass is 9.95. The molecule has 1 aromatic rings. The zero-order valence-electron chi connectivity index (χ0n) is 13.6. The summed E-state index contributed by atoms with van der Waals surface area (Å²) < 4.78 is 15.5. The molecule has 1 aliphatic heterocycles. The molecule has 0 unspecified atom stereocenters. The largest absolute Gasteiger partial charge is 0.497 e. The zero-order valence-corrected chi connectivity index (χ0v) is 13.6. The molecule has 0 radical (unpaired) electrons. The quantitative estimate of drug-likeness (QED) is 0.809. The van der Waals surface area contributed by atoms with Crippen molar-refractivity contribution in [2.75, 3.05) is 20.8 Å². The van der Waals surface area contributed by atoms with Crippen molar-refractivity contribution in [2.24, 2.45) is 0 Å². The predicted molar refractivity (Wildman–Crippen MR) is 83.3 cm³/mol. The Balaban J connectivity index is 2.47. The Hall–Kier alpha value is -2.70. The Bertz CT molecular complexity index is 654. The maximum Gasteiger partial charge on any atom is 0.354 e. The van der Waals surface area contributed by atoms with Crippen molar-refractivity contribution in [3.63, 3.8) is 0 Å². The van der Waals surface area contributed by atoms with Gasteiger partial charge in [0.2, 0.25) is 0 Å². The van der Waals surface area contributed by atoms with Crippen molar-refractivity contribution < 1.29 is 23.8 Å². The molecule has 124 valence electrons. The number of methoxy groups -OCH3 is 2. The summed E-state index contributed by atoms with van der Waals surface area (Å²) >= 11 is 0. The van der Waals surface area contributed by atoms with Gasteiger partial charge in [0.1, 0.15) is 17.2 Å². The van der Waals surface area contributed by atoms with E-state index in [1.807, 2.05) is 0 Å².